The van der Waals surface area contributed by atoms with Gasteiger partial charge in [-0.25, -0.2) is 14.5 Å². The first-order chi connectivity index (χ1) is 10.5. The molecule has 1 aromatic carbocycles. The lowest BCUT2D eigenvalue weighted by molar-refractivity contribution is -0.452. The van der Waals surface area contributed by atoms with E-state index < -0.39 is 12.1 Å². The Kier molecular flexibility index (Phi) is 7.99. The van der Waals surface area contributed by atoms with E-state index in [1.165, 1.54) is 12.8 Å². The molecule has 0 aromatic heterocycles. The van der Waals surface area contributed by atoms with Crippen LogP contribution >= 0.6 is 0 Å². The summed E-state index contributed by atoms with van der Waals surface area (Å²) in [5.74, 6) is -0.752. The Morgan fingerprint density at radius 3 is 2.32 bits per heavy atom. The molecular weight excluding hydrogens is 288 g/mol. The molecule has 6 heteroatoms. The van der Waals surface area contributed by atoms with E-state index in [9.17, 15) is 9.59 Å². The molecule has 0 aliphatic rings. The second-order valence-electron chi connectivity index (χ2n) is 5.09. The summed E-state index contributed by atoms with van der Waals surface area (Å²) >= 11 is 0. The summed E-state index contributed by atoms with van der Waals surface area (Å²) < 4.78 is 4.62. The minimum Gasteiger partial charge on any atom is -0.430 e. The fourth-order valence-corrected chi connectivity index (χ4v) is 1.72. The van der Waals surface area contributed by atoms with Crippen LogP contribution in [0.4, 0.5) is 4.79 Å². The van der Waals surface area contributed by atoms with Crippen molar-refractivity contribution in [3.63, 3.8) is 0 Å². The second kappa shape index (κ2) is 9.78. The highest BCUT2D eigenvalue weighted by Crippen LogP contribution is 2.10. The van der Waals surface area contributed by atoms with Crippen LogP contribution in [0, 0.1) is 0 Å². The van der Waals surface area contributed by atoms with E-state index in [1.54, 1.807) is 26.0 Å². The topological polar surface area (TPSA) is 71.1 Å². The van der Waals surface area contributed by atoms with E-state index in [4.69, 9.17) is 0 Å². The molecule has 0 aliphatic heterocycles. The van der Waals surface area contributed by atoms with Crippen molar-refractivity contribution < 1.29 is 29.1 Å². The molecule has 0 saturated heterocycles. The first-order valence-electron chi connectivity index (χ1n) is 7.38. The van der Waals surface area contributed by atoms with Crippen molar-refractivity contribution in [3.05, 3.63) is 35.4 Å². The third-order valence-electron chi connectivity index (χ3n) is 2.80. The van der Waals surface area contributed by atoms with Gasteiger partial charge in [-0.2, -0.15) is 0 Å². The van der Waals surface area contributed by atoms with Gasteiger partial charge in [0, 0.05) is 0 Å². The molecule has 0 aliphatic carbocycles. The van der Waals surface area contributed by atoms with Crippen molar-refractivity contribution in [2.45, 2.75) is 52.6 Å². The summed E-state index contributed by atoms with van der Waals surface area (Å²) in [6.07, 6.45) is 3.02. The smallest absolute Gasteiger partial charge is 0.430 e. The molecule has 1 aromatic rings. The van der Waals surface area contributed by atoms with Crippen molar-refractivity contribution in [2.24, 2.45) is 0 Å². The van der Waals surface area contributed by atoms with E-state index in [2.05, 4.69) is 26.5 Å². The molecule has 0 heterocycles. The first-order valence-corrected chi connectivity index (χ1v) is 7.38. The largest absolute Gasteiger partial charge is 0.543 e. The maximum absolute atomic E-state index is 11.6. The van der Waals surface area contributed by atoms with Gasteiger partial charge in [0.2, 0.25) is 0 Å². The predicted molar refractivity (Wildman–Crippen MR) is 78.9 cm³/mol. The molecule has 122 valence electrons. The number of rotatable bonds is 8. The van der Waals surface area contributed by atoms with Gasteiger partial charge in [0.25, 0.3) is 0 Å². The van der Waals surface area contributed by atoms with Crippen LogP contribution in [0.5, 0.6) is 0 Å². The van der Waals surface area contributed by atoms with Gasteiger partial charge in [0.15, 0.2) is 0 Å². The predicted octanol–water partition coefficient (Wildman–Crippen LogP) is 3.98. The number of unbranched alkanes of at least 4 members (excludes halogenated alkanes) is 2. The van der Waals surface area contributed by atoms with Crippen LogP contribution in [0.1, 0.15) is 56.0 Å². The lowest BCUT2D eigenvalue weighted by atomic mass is 10.1. The second-order valence-corrected chi connectivity index (χ2v) is 5.09. The molecule has 0 saturated carbocycles. The van der Waals surface area contributed by atoms with Gasteiger partial charge in [-0.3, -0.25) is 4.89 Å². The summed E-state index contributed by atoms with van der Waals surface area (Å²) in [5, 5.41) is 4.10. The summed E-state index contributed by atoms with van der Waals surface area (Å²) in [6.45, 7) is 5.45. The van der Waals surface area contributed by atoms with Gasteiger partial charge in [0.1, 0.15) is 0 Å². The fraction of sp³-hybridized carbons (Fsp3) is 0.500. The van der Waals surface area contributed by atoms with Crippen molar-refractivity contribution in [3.8, 4) is 0 Å². The molecule has 22 heavy (non-hydrogen) atoms. The Morgan fingerprint density at radius 1 is 1.05 bits per heavy atom. The molecule has 0 spiro atoms. The third-order valence-corrected chi connectivity index (χ3v) is 2.80. The summed E-state index contributed by atoms with van der Waals surface area (Å²) in [6, 6.07) is 7.00. The van der Waals surface area contributed by atoms with Crippen LogP contribution in [0.2, 0.25) is 0 Å². The molecule has 0 fully saturated rings. The number of benzene rings is 1. The Balaban J connectivity index is 2.34. The first kappa shape index (κ1) is 18.0. The number of hydrogen-bond acceptors (Lipinski definition) is 6. The molecule has 6 nitrogen and oxygen atoms in total. The maximum Gasteiger partial charge on any atom is 0.543 e. The van der Waals surface area contributed by atoms with Gasteiger partial charge in [-0.15, -0.1) is 0 Å². The molecule has 0 atom stereocenters. The fourth-order valence-electron chi connectivity index (χ4n) is 1.72. The minimum absolute atomic E-state index is 0.306. The standard InChI is InChI=1S/C16H22O6/c1-4-5-6-7-13-8-10-14(11-9-13)15(17)20-22-21-16(18)19-12(2)3/h8-12H,4-7H2,1-3H3. The average molecular weight is 310 g/mol. The van der Waals surface area contributed by atoms with Crippen LogP contribution < -0.4 is 0 Å². The quantitative estimate of drug-likeness (QED) is 0.313. The molecular formula is C16H22O6. The van der Waals surface area contributed by atoms with Crippen LogP contribution in [0.25, 0.3) is 0 Å². The van der Waals surface area contributed by atoms with Crippen molar-refractivity contribution in [1.29, 1.82) is 0 Å². The normalized spacial score (nSPS) is 10.4. The van der Waals surface area contributed by atoms with Crippen molar-refractivity contribution >= 4 is 12.1 Å². The summed E-state index contributed by atoms with van der Waals surface area (Å²) in [7, 11) is 0. The van der Waals surface area contributed by atoms with Crippen LogP contribution in [0.3, 0.4) is 0 Å². The maximum atomic E-state index is 11.6. The highest BCUT2D eigenvalue weighted by molar-refractivity contribution is 5.88. The molecule has 0 amide bonds. The van der Waals surface area contributed by atoms with Gasteiger partial charge in [0.05, 0.1) is 16.7 Å². The van der Waals surface area contributed by atoms with E-state index in [-0.39, 0.29) is 6.10 Å². The van der Waals surface area contributed by atoms with E-state index in [0.29, 0.717) is 5.56 Å². The van der Waals surface area contributed by atoms with Gasteiger partial charge < -0.3 is 4.74 Å². The Labute approximate surface area is 130 Å². The lowest BCUT2D eigenvalue weighted by Crippen LogP contribution is -2.15. The highest BCUT2D eigenvalue weighted by atomic mass is 17.5. The Hall–Kier alpha value is -2.08. The zero-order valence-electron chi connectivity index (χ0n) is 13.2. The molecule has 0 unspecified atom stereocenters. The van der Waals surface area contributed by atoms with E-state index >= 15 is 0 Å². The number of aryl methyl sites for hydroxylation is 1. The number of ether oxygens (including phenoxy) is 1. The monoisotopic (exact) mass is 310 g/mol. The zero-order valence-corrected chi connectivity index (χ0v) is 13.2. The SMILES string of the molecule is CCCCCc1ccc(C(=O)OOOC(=O)OC(C)C)cc1. The molecule has 0 radical (unpaired) electrons. The van der Waals surface area contributed by atoms with E-state index in [0.717, 1.165) is 18.4 Å². The molecule has 0 N–H and O–H groups in total. The van der Waals surface area contributed by atoms with Crippen molar-refractivity contribution in [2.75, 3.05) is 0 Å². The van der Waals surface area contributed by atoms with Gasteiger partial charge in [-0.05, 0) is 44.4 Å². The lowest BCUT2D eigenvalue weighted by Gasteiger charge is -2.06. The van der Waals surface area contributed by atoms with Crippen molar-refractivity contribution in [1.82, 2.24) is 0 Å². The zero-order chi connectivity index (χ0) is 16.4. The van der Waals surface area contributed by atoms with Crippen LogP contribution in [0.15, 0.2) is 24.3 Å². The number of carbonyl (C=O) groups is 2. The molecule has 0 bridgehead atoms. The Bertz CT molecular complexity index is 466. The van der Waals surface area contributed by atoms with Crippen LogP contribution in [-0.4, -0.2) is 18.2 Å². The van der Waals surface area contributed by atoms with Gasteiger partial charge >= 0.3 is 12.1 Å². The number of hydrogen-bond donors (Lipinski definition) is 0. The minimum atomic E-state index is -1.07. The van der Waals surface area contributed by atoms with Crippen LogP contribution in [-0.2, 0) is 26.0 Å². The Morgan fingerprint density at radius 2 is 1.73 bits per heavy atom. The third kappa shape index (κ3) is 7.08. The van der Waals surface area contributed by atoms with Gasteiger partial charge in [-0.1, -0.05) is 31.9 Å². The highest BCUT2D eigenvalue weighted by Gasteiger charge is 2.13. The average Bonchev–Trinajstić information content (AvgIpc) is 2.47. The number of carbonyl (C=O) groups excluding carboxylic acids is 2. The summed E-state index contributed by atoms with van der Waals surface area (Å²) in [5.41, 5.74) is 1.46. The summed E-state index contributed by atoms with van der Waals surface area (Å²) in [4.78, 5) is 31.1. The van der Waals surface area contributed by atoms with E-state index in [1.807, 2.05) is 12.1 Å². The molecule has 1 rings (SSSR count).